The summed E-state index contributed by atoms with van der Waals surface area (Å²) >= 11 is 0. The standard InChI is InChI=1S/C12H12O3/c1-3-12(9-13,15-10(2)14)11-7-5-4-6-8-11/h3-9H,1H2,2H3. The third kappa shape index (κ3) is 2.31. The highest BCUT2D eigenvalue weighted by molar-refractivity contribution is 5.76. The summed E-state index contributed by atoms with van der Waals surface area (Å²) in [7, 11) is 0. The maximum Gasteiger partial charge on any atom is 0.304 e. The first-order valence-electron chi connectivity index (χ1n) is 4.49. The van der Waals surface area contributed by atoms with Gasteiger partial charge in [0.25, 0.3) is 0 Å². The lowest BCUT2D eigenvalue weighted by Crippen LogP contribution is -2.31. The van der Waals surface area contributed by atoms with Gasteiger partial charge in [-0.3, -0.25) is 9.59 Å². The van der Waals surface area contributed by atoms with E-state index in [-0.39, 0.29) is 0 Å². The summed E-state index contributed by atoms with van der Waals surface area (Å²) in [5, 5.41) is 0. The molecule has 0 saturated heterocycles. The number of benzene rings is 1. The molecule has 3 heteroatoms. The topological polar surface area (TPSA) is 43.4 Å². The molecule has 0 aliphatic rings. The Bertz CT molecular complexity index is 360. The van der Waals surface area contributed by atoms with Crippen LogP contribution >= 0.6 is 0 Å². The van der Waals surface area contributed by atoms with E-state index in [1.807, 2.05) is 6.07 Å². The fourth-order valence-corrected chi connectivity index (χ4v) is 1.30. The van der Waals surface area contributed by atoms with E-state index in [2.05, 4.69) is 6.58 Å². The summed E-state index contributed by atoms with van der Waals surface area (Å²) in [5.74, 6) is -0.522. The van der Waals surface area contributed by atoms with Gasteiger partial charge in [0.1, 0.15) is 0 Å². The summed E-state index contributed by atoms with van der Waals surface area (Å²) in [6, 6.07) is 8.76. The van der Waals surface area contributed by atoms with Gasteiger partial charge >= 0.3 is 5.97 Å². The molecule has 0 bridgehead atoms. The van der Waals surface area contributed by atoms with E-state index in [9.17, 15) is 9.59 Å². The Hall–Kier alpha value is -1.90. The van der Waals surface area contributed by atoms with Crippen molar-refractivity contribution in [1.82, 2.24) is 0 Å². The van der Waals surface area contributed by atoms with Crippen molar-refractivity contribution in [2.45, 2.75) is 12.5 Å². The molecule has 0 aliphatic carbocycles. The Morgan fingerprint density at radius 1 is 1.40 bits per heavy atom. The largest absolute Gasteiger partial charge is 0.442 e. The minimum atomic E-state index is -1.37. The molecule has 1 rings (SSSR count). The lowest BCUT2D eigenvalue weighted by molar-refractivity contribution is -0.156. The summed E-state index contributed by atoms with van der Waals surface area (Å²) < 4.78 is 5.00. The first-order valence-corrected chi connectivity index (χ1v) is 4.49. The number of carbonyl (C=O) groups is 2. The van der Waals surface area contributed by atoms with Crippen LogP contribution in [0.4, 0.5) is 0 Å². The van der Waals surface area contributed by atoms with Crippen LogP contribution in [0.25, 0.3) is 0 Å². The minimum Gasteiger partial charge on any atom is -0.442 e. The first-order chi connectivity index (χ1) is 7.14. The molecule has 1 atom stereocenters. The van der Waals surface area contributed by atoms with E-state index < -0.39 is 11.6 Å². The van der Waals surface area contributed by atoms with Crippen molar-refractivity contribution in [3.05, 3.63) is 48.6 Å². The molecule has 1 unspecified atom stereocenters. The molecule has 3 nitrogen and oxygen atoms in total. The van der Waals surface area contributed by atoms with Crippen molar-refractivity contribution in [2.24, 2.45) is 0 Å². The molecule has 78 valence electrons. The molecule has 0 aliphatic heterocycles. The average Bonchev–Trinajstić information content (AvgIpc) is 2.27. The Kier molecular flexibility index (Phi) is 3.39. The van der Waals surface area contributed by atoms with Crippen molar-refractivity contribution in [1.29, 1.82) is 0 Å². The number of rotatable bonds is 4. The van der Waals surface area contributed by atoms with Gasteiger partial charge in [0, 0.05) is 12.5 Å². The van der Waals surface area contributed by atoms with Crippen LogP contribution in [0.15, 0.2) is 43.0 Å². The fourth-order valence-electron chi connectivity index (χ4n) is 1.30. The van der Waals surface area contributed by atoms with Crippen LogP contribution < -0.4 is 0 Å². The van der Waals surface area contributed by atoms with Crippen molar-refractivity contribution in [2.75, 3.05) is 0 Å². The summed E-state index contributed by atoms with van der Waals surface area (Å²) in [6.45, 7) is 4.78. The van der Waals surface area contributed by atoms with E-state index in [1.54, 1.807) is 24.3 Å². The molecule has 0 saturated carbocycles. The normalized spacial score (nSPS) is 13.7. The number of carbonyl (C=O) groups excluding carboxylic acids is 2. The van der Waals surface area contributed by atoms with Crippen LogP contribution in [0.5, 0.6) is 0 Å². The fraction of sp³-hybridized carbons (Fsp3) is 0.167. The van der Waals surface area contributed by atoms with Gasteiger partial charge in [-0.1, -0.05) is 36.9 Å². The molecular formula is C12H12O3. The van der Waals surface area contributed by atoms with Crippen LogP contribution in [0.1, 0.15) is 12.5 Å². The first kappa shape index (κ1) is 11.2. The zero-order valence-corrected chi connectivity index (χ0v) is 8.47. The number of aldehydes is 1. The Morgan fingerprint density at radius 3 is 2.40 bits per heavy atom. The Morgan fingerprint density at radius 2 is 2.00 bits per heavy atom. The Labute approximate surface area is 88.4 Å². The van der Waals surface area contributed by atoms with Crippen LogP contribution in [0.2, 0.25) is 0 Å². The predicted molar refractivity (Wildman–Crippen MR) is 56.1 cm³/mol. The maximum absolute atomic E-state index is 11.0. The maximum atomic E-state index is 11.0. The van der Waals surface area contributed by atoms with Gasteiger partial charge in [0.2, 0.25) is 5.60 Å². The smallest absolute Gasteiger partial charge is 0.304 e. The molecule has 0 spiro atoms. The highest BCUT2D eigenvalue weighted by atomic mass is 16.6. The molecule has 0 fully saturated rings. The molecule has 1 aromatic rings. The molecule has 0 aromatic heterocycles. The second-order valence-electron chi connectivity index (χ2n) is 3.07. The zero-order valence-electron chi connectivity index (χ0n) is 8.47. The van der Waals surface area contributed by atoms with Crippen LogP contribution in [0.3, 0.4) is 0 Å². The van der Waals surface area contributed by atoms with Crippen LogP contribution in [0, 0.1) is 0 Å². The quantitative estimate of drug-likeness (QED) is 0.427. The number of ether oxygens (including phenoxy) is 1. The van der Waals surface area contributed by atoms with Gasteiger partial charge in [-0.15, -0.1) is 0 Å². The molecule has 0 heterocycles. The third-order valence-electron chi connectivity index (χ3n) is 2.02. The monoisotopic (exact) mass is 204 g/mol. The number of esters is 1. The highest BCUT2D eigenvalue weighted by Gasteiger charge is 2.31. The zero-order chi connectivity index (χ0) is 11.3. The van der Waals surface area contributed by atoms with Crippen molar-refractivity contribution in [3.8, 4) is 0 Å². The van der Waals surface area contributed by atoms with Crippen LogP contribution in [-0.4, -0.2) is 12.3 Å². The summed E-state index contributed by atoms with van der Waals surface area (Å²) in [4.78, 5) is 22.0. The molecule has 15 heavy (non-hydrogen) atoms. The second kappa shape index (κ2) is 4.55. The SMILES string of the molecule is C=CC(C=O)(OC(C)=O)c1ccccc1. The van der Waals surface area contributed by atoms with Gasteiger partial charge in [-0.25, -0.2) is 0 Å². The minimum absolute atomic E-state index is 0.522. The Balaban J connectivity index is 3.16. The van der Waals surface area contributed by atoms with E-state index in [4.69, 9.17) is 4.74 Å². The van der Waals surface area contributed by atoms with Gasteiger partial charge in [-0.05, 0) is 6.08 Å². The van der Waals surface area contributed by atoms with Crippen molar-refractivity contribution >= 4 is 12.3 Å². The molecule has 0 radical (unpaired) electrons. The van der Waals surface area contributed by atoms with E-state index in [0.717, 1.165) is 0 Å². The van der Waals surface area contributed by atoms with E-state index in [0.29, 0.717) is 11.8 Å². The predicted octanol–water partition coefficient (Wildman–Crippen LogP) is 1.83. The molecule has 1 aromatic carbocycles. The lowest BCUT2D eigenvalue weighted by Gasteiger charge is -2.23. The molecule has 0 N–H and O–H groups in total. The van der Waals surface area contributed by atoms with Gasteiger partial charge in [0.15, 0.2) is 6.29 Å². The number of hydrogen-bond acceptors (Lipinski definition) is 3. The van der Waals surface area contributed by atoms with Gasteiger partial charge in [-0.2, -0.15) is 0 Å². The van der Waals surface area contributed by atoms with E-state index >= 15 is 0 Å². The highest BCUT2D eigenvalue weighted by Crippen LogP contribution is 2.24. The number of hydrogen-bond donors (Lipinski definition) is 0. The lowest BCUT2D eigenvalue weighted by atomic mass is 9.95. The average molecular weight is 204 g/mol. The summed E-state index contributed by atoms with van der Waals surface area (Å²) in [5.41, 5.74) is -0.780. The van der Waals surface area contributed by atoms with Crippen molar-refractivity contribution < 1.29 is 14.3 Å². The van der Waals surface area contributed by atoms with Crippen LogP contribution in [-0.2, 0) is 19.9 Å². The third-order valence-corrected chi connectivity index (χ3v) is 2.02. The molecule has 0 amide bonds. The van der Waals surface area contributed by atoms with E-state index in [1.165, 1.54) is 13.0 Å². The molecular weight excluding hydrogens is 192 g/mol. The second-order valence-corrected chi connectivity index (χ2v) is 3.07. The van der Waals surface area contributed by atoms with Crippen molar-refractivity contribution in [3.63, 3.8) is 0 Å². The van der Waals surface area contributed by atoms with Gasteiger partial charge < -0.3 is 4.74 Å². The van der Waals surface area contributed by atoms with Gasteiger partial charge in [0.05, 0.1) is 0 Å². The summed E-state index contributed by atoms with van der Waals surface area (Å²) in [6.07, 6.45) is 1.88.